The summed E-state index contributed by atoms with van der Waals surface area (Å²) in [6.07, 6.45) is 8.46. The molecule has 3 aliphatic rings. The van der Waals surface area contributed by atoms with Crippen molar-refractivity contribution in [1.82, 2.24) is 4.90 Å². The summed E-state index contributed by atoms with van der Waals surface area (Å²) < 4.78 is 0. The molecule has 0 aromatic rings. The number of carbonyl (C=O) groups is 1. The molecule has 1 amide bonds. The van der Waals surface area contributed by atoms with Crippen LogP contribution in [0.15, 0.2) is 0 Å². The van der Waals surface area contributed by atoms with E-state index < -0.39 is 0 Å². The molecule has 0 aromatic heterocycles. The fourth-order valence-corrected chi connectivity index (χ4v) is 5.17. The Balaban J connectivity index is 1.75. The Bertz CT molecular complexity index is 406. The minimum absolute atomic E-state index is 0.0293. The second-order valence-corrected chi connectivity index (χ2v) is 8.34. The number of likely N-dealkylation sites (tertiary alicyclic amines) is 1. The molecule has 0 aromatic carbocycles. The summed E-state index contributed by atoms with van der Waals surface area (Å²) in [6.45, 7) is 7.75. The molecule has 1 aliphatic heterocycles. The number of nitrogens with zero attached hydrogens (tertiary/aromatic N) is 1. The first-order valence-corrected chi connectivity index (χ1v) is 8.99. The molecule has 0 bridgehead atoms. The van der Waals surface area contributed by atoms with Crippen molar-refractivity contribution in [3.05, 3.63) is 0 Å². The van der Waals surface area contributed by atoms with Crippen molar-refractivity contribution >= 4 is 5.91 Å². The quantitative estimate of drug-likeness (QED) is 0.807. The van der Waals surface area contributed by atoms with Gasteiger partial charge in [-0.1, -0.05) is 33.6 Å². The number of hydrogen-bond donors (Lipinski definition) is 1. The summed E-state index contributed by atoms with van der Waals surface area (Å²) in [5.74, 6) is 1.82. The fourth-order valence-electron chi connectivity index (χ4n) is 5.17. The van der Waals surface area contributed by atoms with Gasteiger partial charge in [0.1, 0.15) is 0 Å². The molecule has 1 saturated heterocycles. The van der Waals surface area contributed by atoms with Gasteiger partial charge in [-0.25, -0.2) is 0 Å². The highest BCUT2D eigenvalue weighted by Crippen LogP contribution is 2.47. The summed E-state index contributed by atoms with van der Waals surface area (Å²) in [6, 6.07) is 0.804. The molecule has 3 rings (SSSR count). The average Bonchev–Trinajstić information content (AvgIpc) is 2.88. The molecule has 3 fully saturated rings. The molecule has 2 N–H and O–H groups in total. The van der Waals surface area contributed by atoms with Crippen molar-refractivity contribution in [2.24, 2.45) is 28.9 Å². The highest BCUT2D eigenvalue weighted by molar-refractivity contribution is 5.80. The number of nitrogens with two attached hydrogens (primary N) is 1. The van der Waals surface area contributed by atoms with Gasteiger partial charge in [0.05, 0.1) is 0 Å². The molecule has 120 valence electrons. The third-order valence-electron chi connectivity index (χ3n) is 7.09. The van der Waals surface area contributed by atoms with E-state index in [1.54, 1.807) is 0 Å². The average molecular weight is 292 g/mol. The van der Waals surface area contributed by atoms with Gasteiger partial charge in [-0.2, -0.15) is 0 Å². The van der Waals surface area contributed by atoms with Gasteiger partial charge in [-0.3, -0.25) is 4.79 Å². The Labute approximate surface area is 129 Å². The lowest BCUT2D eigenvalue weighted by Crippen LogP contribution is -2.53. The molecule has 1 heterocycles. The van der Waals surface area contributed by atoms with Crippen molar-refractivity contribution in [3.63, 3.8) is 0 Å². The van der Waals surface area contributed by atoms with Crippen LogP contribution in [0.5, 0.6) is 0 Å². The molecule has 0 radical (unpaired) electrons. The van der Waals surface area contributed by atoms with Crippen LogP contribution < -0.4 is 5.73 Å². The molecule has 5 unspecified atom stereocenters. The first-order valence-electron chi connectivity index (χ1n) is 8.99. The highest BCUT2D eigenvalue weighted by atomic mass is 16.2. The van der Waals surface area contributed by atoms with Crippen LogP contribution in [0.2, 0.25) is 0 Å². The Kier molecular flexibility index (Phi) is 4.06. The molecular formula is C18H32N2O. The van der Waals surface area contributed by atoms with Gasteiger partial charge in [0.25, 0.3) is 0 Å². The molecule has 0 spiro atoms. The van der Waals surface area contributed by atoms with Crippen molar-refractivity contribution in [1.29, 1.82) is 0 Å². The second-order valence-electron chi connectivity index (χ2n) is 8.34. The van der Waals surface area contributed by atoms with Crippen molar-refractivity contribution in [3.8, 4) is 0 Å². The van der Waals surface area contributed by atoms with E-state index in [-0.39, 0.29) is 17.4 Å². The van der Waals surface area contributed by atoms with Gasteiger partial charge in [0.2, 0.25) is 5.91 Å². The van der Waals surface area contributed by atoms with E-state index in [1.165, 1.54) is 32.1 Å². The molecule has 5 atom stereocenters. The highest BCUT2D eigenvalue weighted by Gasteiger charge is 2.48. The van der Waals surface area contributed by atoms with Crippen LogP contribution in [0.1, 0.15) is 65.7 Å². The Morgan fingerprint density at radius 3 is 2.57 bits per heavy atom. The zero-order valence-electron chi connectivity index (χ0n) is 14.0. The summed E-state index contributed by atoms with van der Waals surface area (Å²) in [7, 11) is 0. The lowest BCUT2D eigenvalue weighted by atomic mass is 9.60. The van der Waals surface area contributed by atoms with Gasteiger partial charge in [-0.15, -0.1) is 0 Å². The Morgan fingerprint density at radius 2 is 1.81 bits per heavy atom. The molecule has 3 heteroatoms. The van der Waals surface area contributed by atoms with Crippen molar-refractivity contribution < 1.29 is 4.79 Å². The lowest BCUT2D eigenvalue weighted by Gasteiger charge is -2.48. The summed E-state index contributed by atoms with van der Waals surface area (Å²) >= 11 is 0. The van der Waals surface area contributed by atoms with Crippen molar-refractivity contribution in [2.75, 3.05) is 6.54 Å². The smallest absolute Gasteiger partial charge is 0.226 e. The third-order valence-corrected chi connectivity index (χ3v) is 7.09. The summed E-state index contributed by atoms with van der Waals surface area (Å²) in [4.78, 5) is 15.5. The third kappa shape index (κ3) is 2.52. The van der Waals surface area contributed by atoms with Crippen molar-refractivity contribution in [2.45, 2.75) is 77.8 Å². The number of carbonyl (C=O) groups excluding carboxylic acids is 1. The van der Waals surface area contributed by atoms with Gasteiger partial charge in [0.15, 0.2) is 0 Å². The zero-order valence-corrected chi connectivity index (χ0v) is 14.0. The standard InChI is InChI=1S/C18H32N2O/c1-12-15(19)9-8-14(18(12,2)3)17(21)20-11-10-13-6-4-5-7-16(13)20/h12-16H,4-11,19H2,1-3H3. The SMILES string of the molecule is CC1C(N)CCC(C(=O)N2CCC3CCCCC32)C1(C)C. The van der Waals surface area contributed by atoms with E-state index in [0.29, 0.717) is 17.9 Å². The monoisotopic (exact) mass is 292 g/mol. The maximum Gasteiger partial charge on any atom is 0.226 e. The molecular weight excluding hydrogens is 260 g/mol. The van der Waals surface area contributed by atoms with Crippen LogP contribution in [-0.2, 0) is 4.79 Å². The topological polar surface area (TPSA) is 46.3 Å². The van der Waals surface area contributed by atoms with E-state index >= 15 is 0 Å². The van der Waals surface area contributed by atoms with Crippen LogP contribution >= 0.6 is 0 Å². The van der Waals surface area contributed by atoms with E-state index in [4.69, 9.17) is 5.73 Å². The minimum atomic E-state index is 0.0293. The molecule has 2 saturated carbocycles. The Hall–Kier alpha value is -0.570. The van der Waals surface area contributed by atoms with Crippen LogP contribution in [0.25, 0.3) is 0 Å². The Morgan fingerprint density at radius 1 is 1.10 bits per heavy atom. The zero-order chi connectivity index (χ0) is 15.2. The maximum absolute atomic E-state index is 13.2. The van der Waals surface area contributed by atoms with E-state index in [0.717, 1.165) is 25.3 Å². The number of amides is 1. The van der Waals surface area contributed by atoms with Crippen LogP contribution in [-0.4, -0.2) is 29.4 Å². The maximum atomic E-state index is 13.2. The second kappa shape index (κ2) is 5.57. The van der Waals surface area contributed by atoms with Gasteiger partial charge >= 0.3 is 0 Å². The van der Waals surface area contributed by atoms with Gasteiger partial charge in [-0.05, 0) is 49.4 Å². The number of fused-ring (bicyclic) bond motifs is 1. The van der Waals surface area contributed by atoms with E-state index in [2.05, 4.69) is 25.7 Å². The predicted octanol–water partition coefficient (Wildman–Crippen LogP) is 3.18. The van der Waals surface area contributed by atoms with Crippen LogP contribution in [0.3, 0.4) is 0 Å². The predicted molar refractivity (Wildman–Crippen MR) is 85.7 cm³/mol. The number of rotatable bonds is 1. The first-order chi connectivity index (χ1) is 9.93. The summed E-state index contributed by atoms with van der Waals surface area (Å²) in [5, 5.41) is 0. The largest absolute Gasteiger partial charge is 0.339 e. The van der Waals surface area contributed by atoms with Gasteiger partial charge in [0, 0.05) is 24.5 Å². The fraction of sp³-hybridized carbons (Fsp3) is 0.944. The minimum Gasteiger partial charge on any atom is -0.339 e. The van der Waals surface area contributed by atoms with Crippen LogP contribution in [0, 0.1) is 23.2 Å². The first kappa shape index (κ1) is 15.3. The lowest BCUT2D eigenvalue weighted by molar-refractivity contribution is -0.145. The summed E-state index contributed by atoms with van der Waals surface area (Å²) in [5.41, 5.74) is 6.28. The molecule has 2 aliphatic carbocycles. The molecule has 3 nitrogen and oxygen atoms in total. The molecule has 21 heavy (non-hydrogen) atoms. The van der Waals surface area contributed by atoms with Gasteiger partial charge < -0.3 is 10.6 Å². The van der Waals surface area contributed by atoms with E-state index in [1.807, 2.05) is 0 Å². The number of hydrogen-bond acceptors (Lipinski definition) is 2. The van der Waals surface area contributed by atoms with E-state index in [9.17, 15) is 4.79 Å². The normalized spacial score (nSPS) is 42.7. The van der Waals surface area contributed by atoms with Crippen LogP contribution in [0.4, 0.5) is 0 Å².